The van der Waals surface area contributed by atoms with E-state index < -0.39 is 123 Å². The van der Waals surface area contributed by atoms with Crippen molar-refractivity contribution in [2.75, 3.05) is 19.8 Å². The van der Waals surface area contributed by atoms with E-state index in [4.69, 9.17) is 40.9 Å². The lowest BCUT2D eigenvalue weighted by atomic mass is 9.71. The van der Waals surface area contributed by atoms with E-state index in [2.05, 4.69) is 0 Å². The molecule has 3 aliphatic heterocycles. The highest BCUT2D eigenvalue weighted by molar-refractivity contribution is 5.27. The lowest BCUT2D eigenvalue weighted by Gasteiger charge is -2.57. The number of aliphatic hydroxyl groups excluding tert-OH is 8. The van der Waals surface area contributed by atoms with Crippen LogP contribution in [0.1, 0.15) is 12.5 Å². The average molecular weight is 668 g/mol. The normalized spacial score (nSPS) is 45.3. The van der Waals surface area contributed by atoms with Crippen LogP contribution in [0.3, 0.4) is 0 Å². The molecule has 0 aliphatic carbocycles. The Bertz CT molecular complexity index is 1130. The molecule has 1 aromatic carbocycles. The Morgan fingerprint density at radius 3 is 1.78 bits per heavy atom. The molecule has 0 amide bonds. The molecule has 19 heteroatoms. The van der Waals surface area contributed by atoms with Crippen LogP contribution in [0.25, 0.3) is 0 Å². The lowest BCUT2D eigenvalue weighted by Crippen LogP contribution is -2.80. The highest BCUT2D eigenvalue weighted by atomic mass is 16.8. The first-order valence-electron chi connectivity index (χ1n) is 14.5. The third-order valence-electron chi connectivity index (χ3n) is 9.08. The van der Waals surface area contributed by atoms with E-state index in [1.165, 1.54) is 24.3 Å². The number of rotatable bonds is 10. The highest BCUT2D eigenvalue weighted by Gasteiger charge is 2.70. The molecule has 3 heterocycles. The molecule has 0 saturated carbocycles. The molecule has 0 spiro atoms. The molecule has 0 bridgehead atoms. The van der Waals surface area contributed by atoms with Crippen molar-refractivity contribution in [2.24, 2.45) is 17.2 Å². The maximum Gasteiger partial charge on any atom is 0.231 e. The minimum atomic E-state index is -3.55. The van der Waals surface area contributed by atoms with E-state index in [0.717, 1.165) is 6.92 Å². The first-order valence-corrected chi connectivity index (χ1v) is 14.5. The van der Waals surface area contributed by atoms with Gasteiger partial charge in [-0.3, -0.25) is 0 Å². The molecule has 3 unspecified atom stereocenters. The van der Waals surface area contributed by atoms with Gasteiger partial charge in [0.05, 0.1) is 37.9 Å². The largest absolute Gasteiger partial charge is 0.394 e. The molecule has 1 aromatic rings. The molecule has 3 aliphatic rings. The fraction of sp³-hybridized carbons (Fsp3) is 0.778. The molecule has 3 fully saturated rings. The predicted molar refractivity (Wildman–Crippen MR) is 149 cm³/mol. The van der Waals surface area contributed by atoms with Crippen molar-refractivity contribution in [2.45, 2.75) is 110 Å². The zero-order valence-electron chi connectivity index (χ0n) is 24.8. The second kappa shape index (κ2) is 14.1. The summed E-state index contributed by atoms with van der Waals surface area (Å²) < 4.78 is 28.0. The highest BCUT2D eigenvalue weighted by Crippen LogP contribution is 2.46. The van der Waals surface area contributed by atoms with Crippen LogP contribution in [0.4, 0.5) is 0 Å². The fourth-order valence-electron chi connectivity index (χ4n) is 5.98. The summed E-state index contributed by atoms with van der Waals surface area (Å²) in [5.41, 5.74) is 12.2. The Balaban J connectivity index is 1.59. The fourth-order valence-corrected chi connectivity index (χ4v) is 5.98. The van der Waals surface area contributed by atoms with Gasteiger partial charge < -0.3 is 97.1 Å². The maximum absolute atomic E-state index is 11.4. The predicted octanol–water partition coefficient (Wildman–Crippen LogP) is -7.72. The van der Waals surface area contributed by atoms with Crippen LogP contribution < -0.4 is 17.2 Å². The molecular formula is C27H45N3O16. The van der Waals surface area contributed by atoms with Gasteiger partial charge >= 0.3 is 0 Å². The number of nitrogens with two attached hydrogens (primary N) is 3. The van der Waals surface area contributed by atoms with Crippen molar-refractivity contribution in [3.8, 4) is 0 Å². The molecule has 17 N–H and O–H groups in total. The van der Waals surface area contributed by atoms with Crippen molar-refractivity contribution in [3.63, 3.8) is 0 Å². The van der Waals surface area contributed by atoms with Crippen LogP contribution in [0.15, 0.2) is 30.3 Å². The smallest absolute Gasteiger partial charge is 0.231 e. The van der Waals surface area contributed by atoms with Crippen molar-refractivity contribution in [1.29, 1.82) is 0 Å². The van der Waals surface area contributed by atoms with Gasteiger partial charge in [-0.1, -0.05) is 30.3 Å². The summed E-state index contributed by atoms with van der Waals surface area (Å²) in [6.45, 7) is -2.04. The summed E-state index contributed by atoms with van der Waals surface area (Å²) in [6.07, 6.45) is -18.9. The van der Waals surface area contributed by atoms with E-state index in [1.807, 2.05) is 0 Å². The summed E-state index contributed by atoms with van der Waals surface area (Å²) in [5.74, 6) is -3.55. The van der Waals surface area contributed by atoms with E-state index in [0.29, 0.717) is 0 Å². The van der Waals surface area contributed by atoms with Gasteiger partial charge in [0.15, 0.2) is 24.5 Å². The summed E-state index contributed by atoms with van der Waals surface area (Å²) in [6, 6.07) is 2.64. The monoisotopic (exact) mass is 667 g/mol. The Kier molecular flexibility index (Phi) is 11.5. The molecule has 0 aromatic heterocycles. The summed E-state index contributed by atoms with van der Waals surface area (Å²) in [5, 5.41) is 118. The van der Waals surface area contributed by atoms with Crippen molar-refractivity contribution >= 4 is 0 Å². The van der Waals surface area contributed by atoms with Crippen molar-refractivity contribution in [1.82, 2.24) is 0 Å². The third-order valence-corrected chi connectivity index (χ3v) is 9.08. The first kappa shape index (κ1) is 37.3. The maximum atomic E-state index is 11.4. The van der Waals surface area contributed by atoms with Crippen LogP contribution in [-0.4, -0.2) is 173 Å². The van der Waals surface area contributed by atoms with Gasteiger partial charge in [0.1, 0.15) is 54.4 Å². The first-order chi connectivity index (χ1) is 21.5. The zero-order valence-corrected chi connectivity index (χ0v) is 24.8. The van der Waals surface area contributed by atoms with E-state index >= 15 is 0 Å². The van der Waals surface area contributed by atoms with Gasteiger partial charge in [0.2, 0.25) is 5.79 Å². The summed E-state index contributed by atoms with van der Waals surface area (Å²) in [4.78, 5) is 0. The Hall–Kier alpha value is -1.54. The van der Waals surface area contributed by atoms with Crippen molar-refractivity contribution < 1.29 is 79.9 Å². The van der Waals surface area contributed by atoms with Crippen LogP contribution >= 0.6 is 0 Å². The number of benzene rings is 1. The molecule has 46 heavy (non-hydrogen) atoms. The van der Waals surface area contributed by atoms with Gasteiger partial charge in [-0.2, -0.15) is 0 Å². The quantitative estimate of drug-likeness (QED) is 0.103. The second-order valence-electron chi connectivity index (χ2n) is 12.0. The molecule has 0 radical (unpaired) electrons. The minimum absolute atomic E-state index is 0.0775. The minimum Gasteiger partial charge on any atom is -0.394 e. The lowest BCUT2D eigenvalue weighted by molar-refractivity contribution is -0.437. The molecular weight excluding hydrogens is 622 g/mol. The van der Waals surface area contributed by atoms with Crippen molar-refractivity contribution in [3.05, 3.63) is 35.9 Å². The topological polar surface area (TPSA) is 347 Å². The number of hydrogen-bond donors (Lipinski definition) is 14. The van der Waals surface area contributed by atoms with Gasteiger partial charge in [0.25, 0.3) is 0 Å². The molecule has 3 saturated heterocycles. The third kappa shape index (κ3) is 6.20. The average Bonchev–Trinajstić information content (AvgIpc) is 3.04. The van der Waals surface area contributed by atoms with Gasteiger partial charge in [-0.05, 0) is 12.5 Å². The van der Waals surface area contributed by atoms with E-state index in [9.17, 15) is 56.2 Å². The second-order valence-corrected chi connectivity index (χ2v) is 12.0. The molecule has 264 valence electrons. The van der Waals surface area contributed by atoms with Crippen LogP contribution in [-0.2, 0) is 29.3 Å². The van der Waals surface area contributed by atoms with Gasteiger partial charge in [-0.25, -0.2) is 0 Å². The summed E-state index contributed by atoms with van der Waals surface area (Å²) >= 11 is 0. The number of ether oxygens (including phenoxy) is 5. The Morgan fingerprint density at radius 1 is 0.739 bits per heavy atom. The Morgan fingerprint density at radius 2 is 1.24 bits per heavy atom. The zero-order chi connectivity index (χ0) is 34.4. The number of aliphatic hydroxyl groups is 11. The van der Waals surface area contributed by atoms with Gasteiger partial charge in [0, 0.05) is 0 Å². The van der Waals surface area contributed by atoms with E-state index in [1.54, 1.807) is 6.07 Å². The van der Waals surface area contributed by atoms with Crippen LogP contribution in [0.5, 0.6) is 0 Å². The Labute approximate surface area is 262 Å². The summed E-state index contributed by atoms with van der Waals surface area (Å²) in [7, 11) is 0. The molecule has 4 rings (SSSR count). The SMILES string of the molecule is CC(O)(c1ccccc1)C(O)(O)[C@]1(CO)O[C@H](OC2[C@@H](CO)O[C@@H](OC3[C@@H](CO)O[C@@H](O)[C@H](N)[C@H]3O)[C@H](N)[C@H]2O)[C@H](N)[C@@H](O)[C@@H]1O. The number of hydrogen-bond acceptors (Lipinski definition) is 19. The van der Waals surface area contributed by atoms with Crippen LogP contribution in [0, 0.1) is 0 Å². The van der Waals surface area contributed by atoms with Crippen LogP contribution in [0.2, 0.25) is 0 Å². The molecule has 16 atom stereocenters. The van der Waals surface area contributed by atoms with E-state index in [-0.39, 0.29) is 5.56 Å². The van der Waals surface area contributed by atoms with Gasteiger partial charge in [-0.15, -0.1) is 0 Å². The standard InChI is InChI=1S/C27H45N3O16/c1-25(39,10-5-3-2-4-6-10)27(40,41)26(9-33)21(37)18(36)15(30)24(46-26)45-20-12(8-32)43-23(14(29)17(20)35)44-19-11(7-31)42-22(38)13(28)16(19)34/h2-6,11-24,31-41H,7-9,28-30H2,1H3/t11-,12-,13-,14-,15-,16-,17-,18-,19?,20?,21+,22-,23+,24+,25?,26-/m1/s1. The molecule has 19 nitrogen and oxygen atoms in total.